The minimum atomic E-state index is -0.511. The summed E-state index contributed by atoms with van der Waals surface area (Å²) in [4.78, 5) is 17.1. The molecule has 1 aromatic heterocycles. The zero-order valence-electron chi connectivity index (χ0n) is 13.3. The molecule has 118 valence electrons. The summed E-state index contributed by atoms with van der Waals surface area (Å²) >= 11 is 1.34. The van der Waals surface area contributed by atoms with Gasteiger partial charge in [-0.15, -0.1) is 11.3 Å². The summed E-state index contributed by atoms with van der Waals surface area (Å²) in [6.45, 7) is 7.90. The Morgan fingerprint density at radius 2 is 2.05 bits per heavy atom. The number of amides is 1. The number of anilines is 1. The normalized spacial score (nSPS) is 11.4. The lowest BCUT2D eigenvalue weighted by Crippen LogP contribution is -2.12. The zero-order valence-corrected chi connectivity index (χ0v) is 14.1. The van der Waals surface area contributed by atoms with E-state index in [4.69, 9.17) is 4.74 Å². The number of aromatic nitrogens is 1. The lowest BCUT2D eigenvalue weighted by atomic mass is 9.98. The van der Waals surface area contributed by atoms with Gasteiger partial charge >= 0.3 is 0 Å². The van der Waals surface area contributed by atoms with Crippen molar-refractivity contribution in [1.29, 1.82) is 0 Å². The number of hydrogen-bond acceptors (Lipinski definition) is 4. The number of carbonyl (C=O) groups is 1. The second-order valence-corrected chi connectivity index (χ2v) is 7.07. The second-order valence-electron chi connectivity index (χ2n) is 6.04. The van der Waals surface area contributed by atoms with Crippen LogP contribution in [-0.4, -0.2) is 18.0 Å². The molecule has 22 heavy (non-hydrogen) atoms. The van der Waals surface area contributed by atoms with Gasteiger partial charge in [-0.3, -0.25) is 4.79 Å². The fraction of sp³-hybridized carbons (Fsp3) is 0.375. The van der Waals surface area contributed by atoms with Crippen molar-refractivity contribution in [2.45, 2.75) is 33.1 Å². The molecule has 1 N–H and O–H groups in total. The minimum Gasteiger partial charge on any atom is -0.494 e. The maximum Gasteiger partial charge on any atom is 0.267 e. The van der Waals surface area contributed by atoms with E-state index in [0.29, 0.717) is 10.6 Å². The van der Waals surface area contributed by atoms with Crippen molar-refractivity contribution in [3.8, 4) is 5.75 Å². The molecule has 1 aromatic carbocycles. The Morgan fingerprint density at radius 1 is 1.36 bits per heavy atom. The first-order chi connectivity index (χ1) is 10.2. The predicted molar refractivity (Wildman–Crippen MR) is 86.5 cm³/mol. The Bertz CT molecular complexity index is 705. The van der Waals surface area contributed by atoms with Gasteiger partial charge in [0.2, 0.25) is 0 Å². The van der Waals surface area contributed by atoms with Gasteiger partial charge in [0.15, 0.2) is 11.6 Å². The highest BCUT2D eigenvalue weighted by molar-refractivity contribution is 7.13. The van der Waals surface area contributed by atoms with Gasteiger partial charge in [0.25, 0.3) is 5.91 Å². The molecule has 0 saturated heterocycles. The number of nitrogens with zero attached hydrogens (tertiary/aromatic N) is 1. The van der Waals surface area contributed by atoms with E-state index in [9.17, 15) is 9.18 Å². The van der Waals surface area contributed by atoms with Crippen LogP contribution in [0.15, 0.2) is 18.3 Å². The van der Waals surface area contributed by atoms with E-state index >= 15 is 0 Å². The third-order valence-electron chi connectivity index (χ3n) is 3.12. The zero-order chi connectivity index (χ0) is 16.5. The monoisotopic (exact) mass is 322 g/mol. The van der Waals surface area contributed by atoms with E-state index < -0.39 is 5.82 Å². The van der Waals surface area contributed by atoms with Gasteiger partial charge in [-0.2, -0.15) is 0 Å². The largest absolute Gasteiger partial charge is 0.494 e. The van der Waals surface area contributed by atoms with Gasteiger partial charge in [-0.25, -0.2) is 9.37 Å². The highest BCUT2D eigenvalue weighted by atomic mass is 32.1. The number of ether oxygens (including phenoxy) is 1. The van der Waals surface area contributed by atoms with Gasteiger partial charge < -0.3 is 10.1 Å². The van der Waals surface area contributed by atoms with Crippen molar-refractivity contribution < 1.29 is 13.9 Å². The fourth-order valence-electron chi connectivity index (χ4n) is 1.86. The molecule has 0 aliphatic heterocycles. The standard InChI is InChI=1S/C16H19FN2O2S/c1-9-6-12(21-5)10(17)7-11(9)19-14(20)13-8-18-15(22-13)16(2,3)4/h6-8H,1-5H3,(H,19,20). The number of benzene rings is 1. The molecule has 2 aromatic rings. The molecule has 1 amide bonds. The summed E-state index contributed by atoms with van der Waals surface area (Å²) in [5, 5.41) is 3.60. The van der Waals surface area contributed by atoms with Gasteiger partial charge in [-0.05, 0) is 18.6 Å². The quantitative estimate of drug-likeness (QED) is 0.923. The summed E-state index contributed by atoms with van der Waals surface area (Å²) < 4.78 is 18.7. The van der Waals surface area contributed by atoms with Gasteiger partial charge in [0, 0.05) is 17.2 Å². The van der Waals surface area contributed by atoms with Crippen LogP contribution >= 0.6 is 11.3 Å². The molecule has 0 bridgehead atoms. The van der Waals surface area contributed by atoms with Crippen molar-refractivity contribution in [2.75, 3.05) is 12.4 Å². The fourth-order valence-corrected chi connectivity index (χ4v) is 2.72. The van der Waals surface area contributed by atoms with Crippen LogP contribution in [0, 0.1) is 12.7 Å². The van der Waals surface area contributed by atoms with Crippen LogP contribution < -0.4 is 10.1 Å². The third kappa shape index (κ3) is 3.44. The molecule has 0 saturated carbocycles. The second kappa shape index (κ2) is 6.04. The average Bonchev–Trinajstić information content (AvgIpc) is 2.92. The van der Waals surface area contributed by atoms with Crippen LogP contribution in [0.2, 0.25) is 0 Å². The molecule has 0 atom stereocenters. The Balaban J connectivity index is 2.22. The maximum atomic E-state index is 13.8. The lowest BCUT2D eigenvalue weighted by molar-refractivity contribution is 0.103. The van der Waals surface area contributed by atoms with Crippen LogP contribution in [0.25, 0.3) is 0 Å². The van der Waals surface area contributed by atoms with Crippen molar-refractivity contribution >= 4 is 22.9 Å². The molecule has 0 unspecified atom stereocenters. The summed E-state index contributed by atoms with van der Waals surface area (Å²) in [6, 6.07) is 2.82. The highest BCUT2D eigenvalue weighted by Crippen LogP contribution is 2.29. The summed E-state index contributed by atoms with van der Waals surface area (Å²) in [6.07, 6.45) is 1.55. The Labute approximate surface area is 133 Å². The van der Waals surface area contributed by atoms with Crippen molar-refractivity contribution in [2.24, 2.45) is 0 Å². The minimum absolute atomic E-state index is 0.106. The topological polar surface area (TPSA) is 51.2 Å². The third-order valence-corrected chi connectivity index (χ3v) is 4.54. The number of thiazole rings is 1. The Morgan fingerprint density at radius 3 is 2.59 bits per heavy atom. The molecular formula is C16H19FN2O2S. The van der Waals surface area contributed by atoms with Crippen LogP contribution in [-0.2, 0) is 5.41 Å². The Kier molecular flexibility index (Phi) is 4.51. The van der Waals surface area contributed by atoms with Crippen LogP contribution in [0.5, 0.6) is 5.75 Å². The number of carbonyl (C=O) groups excluding carboxylic acids is 1. The average molecular weight is 322 g/mol. The number of rotatable bonds is 3. The van der Waals surface area contributed by atoms with E-state index in [1.54, 1.807) is 19.2 Å². The molecule has 0 radical (unpaired) electrons. The van der Waals surface area contributed by atoms with E-state index in [1.807, 2.05) is 20.8 Å². The molecule has 4 nitrogen and oxygen atoms in total. The highest BCUT2D eigenvalue weighted by Gasteiger charge is 2.21. The van der Waals surface area contributed by atoms with Crippen LogP contribution in [0.1, 0.15) is 41.0 Å². The molecule has 0 fully saturated rings. The number of methoxy groups -OCH3 is 1. The van der Waals surface area contributed by atoms with Crippen molar-refractivity contribution in [1.82, 2.24) is 4.98 Å². The lowest BCUT2D eigenvalue weighted by Gasteiger charge is -2.13. The summed E-state index contributed by atoms with van der Waals surface area (Å²) in [5.74, 6) is -0.646. The summed E-state index contributed by atoms with van der Waals surface area (Å²) in [5.41, 5.74) is 1.05. The number of hydrogen-bond donors (Lipinski definition) is 1. The molecule has 1 heterocycles. The van der Waals surface area contributed by atoms with Gasteiger partial charge in [0.05, 0.1) is 18.3 Å². The molecular weight excluding hydrogens is 303 g/mol. The smallest absolute Gasteiger partial charge is 0.267 e. The Hall–Kier alpha value is -1.95. The molecule has 0 aliphatic carbocycles. The summed E-state index contributed by atoms with van der Waals surface area (Å²) in [7, 11) is 1.40. The number of aryl methyl sites for hydroxylation is 1. The van der Waals surface area contributed by atoms with Gasteiger partial charge in [-0.1, -0.05) is 20.8 Å². The molecule has 0 aliphatic rings. The van der Waals surface area contributed by atoms with E-state index in [2.05, 4.69) is 10.3 Å². The van der Waals surface area contributed by atoms with E-state index in [1.165, 1.54) is 24.5 Å². The van der Waals surface area contributed by atoms with E-state index in [0.717, 1.165) is 10.6 Å². The van der Waals surface area contributed by atoms with Crippen molar-refractivity contribution in [3.05, 3.63) is 39.6 Å². The number of nitrogens with one attached hydrogen (secondary N) is 1. The first kappa shape index (κ1) is 16.4. The van der Waals surface area contributed by atoms with Crippen LogP contribution in [0.4, 0.5) is 10.1 Å². The SMILES string of the molecule is COc1cc(C)c(NC(=O)c2cnc(C(C)(C)C)s2)cc1F. The predicted octanol–water partition coefficient (Wildman–Crippen LogP) is 4.15. The maximum absolute atomic E-state index is 13.8. The van der Waals surface area contributed by atoms with Crippen LogP contribution in [0.3, 0.4) is 0 Å². The first-order valence-corrected chi connectivity index (χ1v) is 7.66. The molecule has 0 spiro atoms. The van der Waals surface area contributed by atoms with Gasteiger partial charge in [0.1, 0.15) is 4.88 Å². The van der Waals surface area contributed by atoms with Crippen molar-refractivity contribution in [3.63, 3.8) is 0 Å². The first-order valence-electron chi connectivity index (χ1n) is 6.84. The van der Waals surface area contributed by atoms with E-state index in [-0.39, 0.29) is 17.1 Å². The molecule has 2 rings (SSSR count). The molecule has 6 heteroatoms. The number of halogens is 1.